The summed E-state index contributed by atoms with van der Waals surface area (Å²) in [6.45, 7) is 7.99. The van der Waals surface area contributed by atoms with Crippen LogP contribution >= 0.6 is 0 Å². The van der Waals surface area contributed by atoms with E-state index < -0.39 is 0 Å². The van der Waals surface area contributed by atoms with Crippen LogP contribution < -0.4 is 15.4 Å². The van der Waals surface area contributed by atoms with Gasteiger partial charge < -0.3 is 20.1 Å². The summed E-state index contributed by atoms with van der Waals surface area (Å²) in [7, 11) is 0. The maximum atomic E-state index is 5.68. The molecule has 1 aromatic heterocycles. The van der Waals surface area contributed by atoms with E-state index in [0.717, 1.165) is 13.1 Å². The van der Waals surface area contributed by atoms with Crippen LogP contribution in [0, 0.1) is 0 Å². The van der Waals surface area contributed by atoms with Crippen molar-refractivity contribution < 1.29 is 9.47 Å². The van der Waals surface area contributed by atoms with Gasteiger partial charge >= 0.3 is 6.01 Å². The Morgan fingerprint density at radius 3 is 2.83 bits per heavy atom. The molecule has 0 bridgehead atoms. The molecule has 0 amide bonds. The van der Waals surface area contributed by atoms with Gasteiger partial charge in [-0.2, -0.15) is 15.0 Å². The van der Waals surface area contributed by atoms with Crippen molar-refractivity contribution in [1.29, 1.82) is 0 Å². The van der Waals surface area contributed by atoms with Crippen LogP contribution in [0.1, 0.15) is 20.8 Å². The van der Waals surface area contributed by atoms with Crippen LogP contribution in [0.25, 0.3) is 0 Å². The summed E-state index contributed by atoms with van der Waals surface area (Å²) in [5.41, 5.74) is 5.68. The van der Waals surface area contributed by atoms with E-state index in [-0.39, 0.29) is 24.2 Å². The highest BCUT2D eigenvalue weighted by molar-refractivity contribution is 5.36. The smallest absolute Gasteiger partial charge is 0.323 e. The largest absolute Gasteiger partial charge is 0.461 e. The van der Waals surface area contributed by atoms with Gasteiger partial charge in [-0.05, 0) is 20.8 Å². The Bertz CT molecular complexity index is 412. The highest BCUT2D eigenvalue weighted by Crippen LogP contribution is 2.17. The first-order valence-electron chi connectivity index (χ1n) is 6.09. The van der Waals surface area contributed by atoms with Gasteiger partial charge in [-0.25, -0.2) is 0 Å². The molecular weight excluding hydrogens is 234 g/mol. The molecule has 0 saturated carbocycles. The van der Waals surface area contributed by atoms with E-state index in [1.807, 2.05) is 25.7 Å². The highest BCUT2D eigenvalue weighted by Gasteiger charge is 2.20. The van der Waals surface area contributed by atoms with E-state index in [1.165, 1.54) is 0 Å². The van der Waals surface area contributed by atoms with Gasteiger partial charge in [0.2, 0.25) is 11.9 Å². The first-order chi connectivity index (χ1) is 8.54. The molecule has 0 aliphatic carbocycles. The zero-order valence-electron chi connectivity index (χ0n) is 11.0. The molecule has 2 N–H and O–H groups in total. The molecule has 18 heavy (non-hydrogen) atoms. The lowest BCUT2D eigenvalue weighted by atomic mass is 10.3. The number of nitrogen functional groups attached to an aromatic ring is 1. The van der Waals surface area contributed by atoms with Gasteiger partial charge in [0, 0.05) is 13.1 Å². The van der Waals surface area contributed by atoms with Crippen molar-refractivity contribution in [2.75, 3.05) is 30.3 Å². The highest BCUT2D eigenvalue weighted by atomic mass is 16.5. The van der Waals surface area contributed by atoms with Crippen LogP contribution in [0.4, 0.5) is 11.9 Å². The third-order valence-corrected chi connectivity index (χ3v) is 2.49. The lowest BCUT2D eigenvalue weighted by Crippen LogP contribution is -2.42. The molecule has 1 unspecified atom stereocenters. The first kappa shape index (κ1) is 12.8. The van der Waals surface area contributed by atoms with Crippen molar-refractivity contribution in [1.82, 2.24) is 15.0 Å². The van der Waals surface area contributed by atoms with Gasteiger partial charge in [0.15, 0.2) is 0 Å². The molecule has 1 aliphatic rings. The molecule has 7 heteroatoms. The number of rotatable bonds is 3. The molecule has 2 heterocycles. The average molecular weight is 253 g/mol. The Labute approximate surface area is 106 Å². The fourth-order valence-electron chi connectivity index (χ4n) is 1.77. The van der Waals surface area contributed by atoms with Crippen LogP contribution in [0.5, 0.6) is 6.01 Å². The maximum absolute atomic E-state index is 5.68. The van der Waals surface area contributed by atoms with Crippen LogP contribution in [-0.2, 0) is 4.74 Å². The summed E-state index contributed by atoms with van der Waals surface area (Å²) in [6.07, 6.45) is 0.162. The Balaban J connectivity index is 2.18. The van der Waals surface area contributed by atoms with E-state index in [2.05, 4.69) is 15.0 Å². The lowest BCUT2D eigenvalue weighted by molar-refractivity contribution is 0.0525. The molecule has 100 valence electrons. The molecule has 1 aromatic rings. The van der Waals surface area contributed by atoms with Crippen LogP contribution in [0.15, 0.2) is 0 Å². The minimum Gasteiger partial charge on any atom is -0.461 e. The number of hydrogen-bond donors (Lipinski definition) is 1. The Kier molecular flexibility index (Phi) is 3.81. The molecule has 0 aromatic carbocycles. The van der Waals surface area contributed by atoms with Crippen LogP contribution in [0.3, 0.4) is 0 Å². The summed E-state index contributed by atoms with van der Waals surface area (Å²) in [6, 6.07) is 0.270. The topological polar surface area (TPSA) is 86.4 Å². The number of hydrogen-bond acceptors (Lipinski definition) is 7. The Morgan fingerprint density at radius 1 is 1.39 bits per heavy atom. The SMILES string of the molecule is CC(C)Oc1nc(N)nc(N2CCOC(C)C2)n1. The summed E-state index contributed by atoms with van der Waals surface area (Å²) >= 11 is 0. The molecule has 0 radical (unpaired) electrons. The van der Waals surface area contributed by atoms with Crippen molar-refractivity contribution >= 4 is 11.9 Å². The lowest BCUT2D eigenvalue weighted by Gasteiger charge is -2.31. The van der Waals surface area contributed by atoms with Gasteiger partial charge in [-0.3, -0.25) is 0 Å². The molecule has 1 atom stereocenters. The van der Waals surface area contributed by atoms with Gasteiger partial charge in [-0.15, -0.1) is 0 Å². The van der Waals surface area contributed by atoms with Gasteiger partial charge in [0.25, 0.3) is 0 Å². The molecule has 1 fully saturated rings. The zero-order valence-corrected chi connectivity index (χ0v) is 11.0. The number of ether oxygens (including phenoxy) is 2. The van der Waals surface area contributed by atoms with E-state index in [9.17, 15) is 0 Å². The van der Waals surface area contributed by atoms with E-state index in [4.69, 9.17) is 15.2 Å². The molecule has 1 saturated heterocycles. The Hall–Kier alpha value is -1.63. The second kappa shape index (κ2) is 5.34. The maximum Gasteiger partial charge on any atom is 0.323 e. The first-order valence-corrected chi connectivity index (χ1v) is 6.09. The molecule has 1 aliphatic heterocycles. The number of anilines is 2. The summed E-state index contributed by atoms with van der Waals surface area (Å²) in [4.78, 5) is 14.4. The third-order valence-electron chi connectivity index (χ3n) is 2.49. The minimum absolute atomic E-state index is 0.00302. The van der Waals surface area contributed by atoms with Crippen LogP contribution in [0.2, 0.25) is 0 Å². The standard InChI is InChI=1S/C11H19N5O2/c1-7(2)18-11-14-9(12)13-10(15-11)16-4-5-17-8(3)6-16/h7-8H,4-6H2,1-3H3,(H2,12,13,14,15). The van der Waals surface area contributed by atoms with E-state index in [0.29, 0.717) is 12.6 Å². The second-order valence-corrected chi connectivity index (χ2v) is 4.57. The number of aromatic nitrogens is 3. The Morgan fingerprint density at radius 2 is 2.17 bits per heavy atom. The van der Waals surface area contributed by atoms with Gasteiger partial charge in [0.05, 0.1) is 18.8 Å². The summed E-state index contributed by atoms with van der Waals surface area (Å²) in [5, 5.41) is 0. The van der Waals surface area contributed by atoms with Crippen molar-refractivity contribution in [3.05, 3.63) is 0 Å². The predicted molar refractivity (Wildman–Crippen MR) is 67.6 cm³/mol. The van der Waals surface area contributed by atoms with E-state index in [1.54, 1.807) is 0 Å². The molecule has 0 spiro atoms. The molecule has 2 rings (SSSR count). The average Bonchev–Trinajstić information content (AvgIpc) is 2.27. The van der Waals surface area contributed by atoms with Crippen molar-refractivity contribution in [2.45, 2.75) is 33.0 Å². The second-order valence-electron chi connectivity index (χ2n) is 4.57. The number of nitrogens with two attached hydrogens (primary N) is 1. The molecular formula is C11H19N5O2. The van der Waals surface area contributed by atoms with Crippen LogP contribution in [-0.4, -0.2) is 46.9 Å². The van der Waals surface area contributed by atoms with Crippen molar-refractivity contribution in [3.63, 3.8) is 0 Å². The minimum atomic E-state index is 0.00302. The summed E-state index contributed by atoms with van der Waals surface area (Å²) < 4.78 is 10.9. The van der Waals surface area contributed by atoms with Crippen molar-refractivity contribution in [3.8, 4) is 6.01 Å². The van der Waals surface area contributed by atoms with Crippen molar-refractivity contribution in [2.24, 2.45) is 0 Å². The third kappa shape index (κ3) is 3.19. The van der Waals surface area contributed by atoms with E-state index >= 15 is 0 Å². The normalized spacial score (nSPS) is 20.2. The number of nitrogens with zero attached hydrogens (tertiary/aromatic N) is 4. The van der Waals surface area contributed by atoms with Gasteiger partial charge in [0.1, 0.15) is 0 Å². The quantitative estimate of drug-likeness (QED) is 0.837. The number of morpholine rings is 1. The predicted octanol–water partition coefficient (Wildman–Crippen LogP) is 0.466. The fourth-order valence-corrected chi connectivity index (χ4v) is 1.77. The fraction of sp³-hybridized carbons (Fsp3) is 0.727. The summed E-state index contributed by atoms with van der Waals surface area (Å²) in [5.74, 6) is 0.725. The zero-order chi connectivity index (χ0) is 13.1. The molecule has 7 nitrogen and oxygen atoms in total. The monoisotopic (exact) mass is 253 g/mol. The van der Waals surface area contributed by atoms with Gasteiger partial charge in [-0.1, -0.05) is 0 Å².